The van der Waals surface area contributed by atoms with Crippen molar-refractivity contribution < 1.29 is 23.4 Å². The van der Waals surface area contributed by atoms with Crippen LogP contribution >= 0.6 is 0 Å². The van der Waals surface area contributed by atoms with Gasteiger partial charge in [0.1, 0.15) is 17.4 Å². The lowest BCUT2D eigenvalue weighted by atomic mass is 9.97. The van der Waals surface area contributed by atoms with E-state index in [0.29, 0.717) is 11.3 Å². The van der Waals surface area contributed by atoms with Gasteiger partial charge in [0.25, 0.3) is 0 Å². The second-order valence-electron chi connectivity index (χ2n) is 4.28. The number of benzene rings is 2. The minimum atomic E-state index is -1.20. The second kappa shape index (κ2) is 6.17. The third-order valence-electron chi connectivity index (χ3n) is 2.84. The minimum absolute atomic E-state index is 0.153. The van der Waals surface area contributed by atoms with Crippen molar-refractivity contribution in [3.63, 3.8) is 0 Å². The lowest BCUT2D eigenvalue weighted by molar-refractivity contribution is -0.131. The number of halogens is 2. The summed E-state index contributed by atoms with van der Waals surface area (Å²) in [7, 11) is 1.50. The number of hydrogen-bond acceptors (Lipinski definition) is 2. The monoisotopic (exact) mass is 290 g/mol. The fourth-order valence-corrected chi connectivity index (χ4v) is 1.94. The molecule has 5 heteroatoms. The van der Waals surface area contributed by atoms with E-state index in [9.17, 15) is 13.6 Å². The van der Waals surface area contributed by atoms with Gasteiger partial charge < -0.3 is 9.84 Å². The highest BCUT2D eigenvalue weighted by Gasteiger charge is 2.10. The molecule has 0 radical (unpaired) electrons. The van der Waals surface area contributed by atoms with Crippen LogP contribution < -0.4 is 4.74 Å². The summed E-state index contributed by atoms with van der Waals surface area (Å²) in [5, 5.41) is 8.96. The van der Waals surface area contributed by atoms with Gasteiger partial charge in [0.2, 0.25) is 0 Å². The third kappa shape index (κ3) is 3.66. The molecule has 0 fully saturated rings. The lowest BCUT2D eigenvalue weighted by Crippen LogP contribution is -1.96. The summed E-state index contributed by atoms with van der Waals surface area (Å²) < 4.78 is 31.7. The van der Waals surface area contributed by atoms with Crippen molar-refractivity contribution in [1.29, 1.82) is 0 Å². The van der Waals surface area contributed by atoms with E-state index in [1.807, 2.05) is 0 Å². The zero-order chi connectivity index (χ0) is 15.4. The molecule has 0 aliphatic carbocycles. The standard InChI is InChI=1S/C16H12F2O3/c1-21-14-4-2-10(3-5-14)15(9-16(19)20)11-6-12(17)8-13(18)7-11/h2-9H,1H3,(H,19,20)/b15-9-. The molecule has 108 valence electrons. The number of hydrogen-bond donors (Lipinski definition) is 1. The maximum Gasteiger partial charge on any atom is 0.328 e. The molecule has 0 saturated heterocycles. The highest BCUT2D eigenvalue weighted by atomic mass is 19.1. The first-order valence-corrected chi connectivity index (χ1v) is 6.05. The van der Waals surface area contributed by atoms with Crippen LogP contribution in [0.4, 0.5) is 8.78 Å². The van der Waals surface area contributed by atoms with Crippen molar-refractivity contribution in [2.75, 3.05) is 7.11 Å². The number of aliphatic carboxylic acids is 1. The molecule has 3 nitrogen and oxygen atoms in total. The van der Waals surface area contributed by atoms with Crippen molar-refractivity contribution >= 4 is 11.5 Å². The van der Waals surface area contributed by atoms with Gasteiger partial charge in [-0.3, -0.25) is 0 Å². The Kier molecular flexibility index (Phi) is 4.33. The highest BCUT2D eigenvalue weighted by molar-refractivity contribution is 5.95. The highest BCUT2D eigenvalue weighted by Crippen LogP contribution is 2.26. The third-order valence-corrected chi connectivity index (χ3v) is 2.84. The van der Waals surface area contributed by atoms with E-state index in [2.05, 4.69) is 0 Å². The molecule has 2 aromatic rings. The lowest BCUT2D eigenvalue weighted by Gasteiger charge is -2.09. The molecule has 2 aromatic carbocycles. The van der Waals surface area contributed by atoms with Crippen molar-refractivity contribution in [1.82, 2.24) is 0 Å². The van der Waals surface area contributed by atoms with Crippen molar-refractivity contribution in [2.24, 2.45) is 0 Å². The quantitative estimate of drug-likeness (QED) is 0.877. The molecule has 0 atom stereocenters. The second-order valence-corrected chi connectivity index (χ2v) is 4.28. The van der Waals surface area contributed by atoms with Gasteiger partial charge >= 0.3 is 5.97 Å². The maximum atomic E-state index is 13.3. The maximum absolute atomic E-state index is 13.3. The van der Waals surface area contributed by atoms with E-state index >= 15 is 0 Å². The van der Waals surface area contributed by atoms with Crippen LogP contribution in [-0.4, -0.2) is 18.2 Å². The van der Waals surface area contributed by atoms with Crippen LogP contribution in [0.15, 0.2) is 48.5 Å². The number of rotatable bonds is 4. The molecule has 1 N–H and O–H groups in total. The Labute approximate surface area is 120 Å². The predicted octanol–water partition coefficient (Wildman–Crippen LogP) is 3.49. The zero-order valence-corrected chi connectivity index (χ0v) is 11.1. The van der Waals surface area contributed by atoms with Crippen LogP contribution in [0.2, 0.25) is 0 Å². The molecule has 0 aromatic heterocycles. The van der Waals surface area contributed by atoms with E-state index in [0.717, 1.165) is 24.3 Å². The van der Waals surface area contributed by atoms with E-state index < -0.39 is 17.6 Å². The summed E-state index contributed by atoms with van der Waals surface area (Å²) in [4.78, 5) is 11.0. The van der Waals surface area contributed by atoms with Crippen molar-refractivity contribution in [3.05, 3.63) is 71.3 Å². The first kappa shape index (κ1) is 14.7. The van der Waals surface area contributed by atoms with Gasteiger partial charge in [-0.15, -0.1) is 0 Å². The number of carboxylic acid groups (broad SMARTS) is 1. The Morgan fingerprint density at radius 1 is 1.05 bits per heavy atom. The SMILES string of the molecule is COc1ccc(/C(=C/C(=O)O)c2cc(F)cc(F)c2)cc1. The molecule has 0 bridgehead atoms. The van der Waals surface area contributed by atoms with Crippen molar-refractivity contribution in [3.8, 4) is 5.75 Å². The molecule has 0 spiro atoms. The number of carboxylic acids is 1. The summed E-state index contributed by atoms with van der Waals surface area (Å²) in [5.41, 5.74) is 0.881. The minimum Gasteiger partial charge on any atom is -0.497 e. The number of carbonyl (C=O) groups is 1. The molecular weight excluding hydrogens is 278 g/mol. The Bertz CT molecular complexity index is 671. The molecule has 0 unspecified atom stereocenters. The summed E-state index contributed by atoms with van der Waals surface area (Å²) in [6.07, 6.45) is 0.913. The Morgan fingerprint density at radius 3 is 2.10 bits per heavy atom. The topological polar surface area (TPSA) is 46.5 Å². The van der Waals surface area contributed by atoms with Crippen LogP contribution in [0.5, 0.6) is 5.75 Å². The zero-order valence-electron chi connectivity index (χ0n) is 11.1. The van der Waals surface area contributed by atoms with E-state index in [1.54, 1.807) is 24.3 Å². The predicted molar refractivity (Wildman–Crippen MR) is 74.1 cm³/mol. The Balaban J connectivity index is 2.55. The van der Waals surface area contributed by atoms with E-state index in [-0.39, 0.29) is 11.1 Å². The average molecular weight is 290 g/mol. The number of ether oxygens (including phenoxy) is 1. The fraction of sp³-hybridized carbons (Fsp3) is 0.0625. The molecular formula is C16H12F2O3. The van der Waals surface area contributed by atoms with Crippen LogP contribution in [0.1, 0.15) is 11.1 Å². The van der Waals surface area contributed by atoms with E-state index in [4.69, 9.17) is 9.84 Å². The number of methoxy groups -OCH3 is 1. The van der Waals surface area contributed by atoms with Gasteiger partial charge in [-0.2, -0.15) is 0 Å². The molecule has 0 aliphatic rings. The van der Waals surface area contributed by atoms with Gasteiger partial charge in [0.05, 0.1) is 7.11 Å². The molecule has 2 rings (SSSR count). The van der Waals surface area contributed by atoms with E-state index in [1.165, 1.54) is 7.11 Å². The Morgan fingerprint density at radius 2 is 1.62 bits per heavy atom. The molecule has 21 heavy (non-hydrogen) atoms. The van der Waals surface area contributed by atoms with Crippen molar-refractivity contribution in [2.45, 2.75) is 0 Å². The Hall–Kier alpha value is -2.69. The summed E-state index contributed by atoms with van der Waals surface area (Å²) in [5.74, 6) is -2.14. The summed E-state index contributed by atoms with van der Waals surface area (Å²) in [6.45, 7) is 0. The van der Waals surface area contributed by atoms with Gasteiger partial charge in [0, 0.05) is 12.1 Å². The van der Waals surface area contributed by atoms with Gasteiger partial charge in [-0.05, 0) is 41.0 Å². The molecule has 0 saturated carbocycles. The van der Waals surface area contributed by atoms with Crippen LogP contribution in [-0.2, 0) is 4.79 Å². The van der Waals surface area contributed by atoms with Crippen LogP contribution in [0.25, 0.3) is 5.57 Å². The van der Waals surface area contributed by atoms with Gasteiger partial charge in [-0.1, -0.05) is 12.1 Å². The molecule has 0 amide bonds. The van der Waals surface area contributed by atoms with Gasteiger partial charge in [-0.25, -0.2) is 13.6 Å². The molecule has 0 heterocycles. The van der Waals surface area contributed by atoms with Crippen LogP contribution in [0, 0.1) is 11.6 Å². The van der Waals surface area contributed by atoms with Crippen LogP contribution in [0.3, 0.4) is 0 Å². The summed E-state index contributed by atoms with van der Waals surface area (Å²) in [6, 6.07) is 9.42. The van der Waals surface area contributed by atoms with Gasteiger partial charge in [0.15, 0.2) is 0 Å². The molecule has 0 aliphatic heterocycles. The first-order chi connectivity index (χ1) is 9.99. The smallest absolute Gasteiger partial charge is 0.328 e. The summed E-state index contributed by atoms with van der Waals surface area (Å²) >= 11 is 0. The average Bonchev–Trinajstić information content (AvgIpc) is 2.43. The first-order valence-electron chi connectivity index (χ1n) is 6.05. The normalized spacial score (nSPS) is 11.3. The largest absolute Gasteiger partial charge is 0.497 e. The fourth-order valence-electron chi connectivity index (χ4n) is 1.94.